The second-order valence-electron chi connectivity index (χ2n) is 5.47. The van der Waals surface area contributed by atoms with Gasteiger partial charge >= 0.3 is 0 Å². The molecule has 4 nitrogen and oxygen atoms in total. The van der Waals surface area contributed by atoms with E-state index in [1.54, 1.807) is 13.8 Å². The van der Waals surface area contributed by atoms with Crippen molar-refractivity contribution in [1.29, 1.82) is 0 Å². The maximum Gasteiger partial charge on any atom is 0.0634 e. The van der Waals surface area contributed by atoms with Gasteiger partial charge in [0.25, 0.3) is 0 Å². The molecule has 2 atom stereocenters. The number of hydrogen-bond acceptors (Lipinski definition) is 4. The van der Waals surface area contributed by atoms with E-state index in [-0.39, 0.29) is 18.6 Å². The van der Waals surface area contributed by atoms with E-state index in [1.807, 2.05) is 37.3 Å². The third-order valence-corrected chi connectivity index (χ3v) is 3.34. The smallest absolute Gasteiger partial charge is 0.0634 e. The molecule has 0 unspecified atom stereocenters. The van der Waals surface area contributed by atoms with Crippen LogP contribution in [0.25, 0.3) is 0 Å². The minimum absolute atomic E-state index is 0.0863. The van der Waals surface area contributed by atoms with Gasteiger partial charge in [-0.3, -0.25) is 0 Å². The van der Waals surface area contributed by atoms with Crippen molar-refractivity contribution in [3.8, 4) is 0 Å². The van der Waals surface area contributed by atoms with Gasteiger partial charge in [-0.1, -0.05) is 37.3 Å². The van der Waals surface area contributed by atoms with E-state index < -0.39 is 5.54 Å². The van der Waals surface area contributed by atoms with Crippen LogP contribution in [0.4, 0.5) is 0 Å². The second kappa shape index (κ2) is 6.29. The first-order valence-corrected chi connectivity index (χ1v) is 6.26. The van der Waals surface area contributed by atoms with Crippen molar-refractivity contribution in [2.45, 2.75) is 32.4 Å². The van der Waals surface area contributed by atoms with Crippen LogP contribution >= 0.6 is 0 Å². The predicted octanol–water partition coefficient (Wildman–Crippen LogP) is 1.78. The van der Waals surface area contributed by atoms with E-state index in [0.717, 1.165) is 5.56 Å². The summed E-state index contributed by atoms with van der Waals surface area (Å²) in [5.41, 5.74) is 6.58. The summed E-state index contributed by atoms with van der Waals surface area (Å²) in [4.78, 5) is 0. The molecule has 4 heteroatoms. The molecule has 0 spiro atoms. The van der Waals surface area contributed by atoms with E-state index in [4.69, 9.17) is 5.73 Å². The zero-order valence-corrected chi connectivity index (χ0v) is 11.4. The van der Waals surface area contributed by atoms with Crippen molar-refractivity contribution in [3.63, 3.8) is 0 Å². The average Bonchev–Trinajstić information content (AvgIpc) is 2.38. The molecule has 4 N–H and O–H groups in total. The standard InChI is InChI=1S/C14H24N2O2/c1-11(9-16(18)14(2,3)10-17)13(15)12-7-5-4-6-8-12/h4-8,11,13,17-18H,9-10,15H2,1-3H3/t11-,13+/m0/s1. The number of aliphatic hydroxyl groups is 1. The Labute approximate surface area is 109 Å². The monoisotopic (exact) mass is 252 g/mol. The third kappa shape index (κ3) is 3.78. The Morgan fingerprint density at radius 1 is 1.28 bits per heavy atom. The Balaban J connectivity index is 2.63. The van der Waals surface area contributed by atoms with E-state index in [0.29, 0.717) is 6.54 Å². The Morgan fingerprint density at radius 2 is 1.83 bits per heavy atom. The summed E-state index contributed by atoms with van der Waals surface area (Å²) in [6, 6.07) is 9.70. The van der Waals surface area contributed by atoms with Gasteiger partial charge in [0.2, 0.25) is 0 Å². The molecule has 0 heterocycles. The average molecular weight is 252 g/mol. The largest absolute Gasteiger partial charge is 0.394 e. The van der Waals surface area contributed by atoms with Crippen LogP contribution in [0.5, 0.6) is 0 Å². The van der Waals surface area contributed by atoms with Gasteiger partial charge < -0.3 is 16.0 Å². The quantitative estimate of drug-likeness (QED) is 0.675. The van der Waals surface area contributed by atoms with E-state index in [2.05, 4.69) is 0 Å². The normalized spacial score (nSPS) is 15.7. The molecule has 102 valence electrons. The van der Waals surface area contributed by atoms with Gasteiger partial charge in [-0.05, 0) is 25.3 Å². The molecule has 1 rings (SSSR count). The van der Waals surface area contributed by atoms with Crippen molar-refractivity contribution < 1.29 is 10.3 Å². The van der Waals surface area contributed by atoms with Gasteiger partial charge in [0.15, 0.2) is 0 Å². The molecular weight excluding hydrogens is 228 g/mol. The summed E-state index contributed by atoms with van der Waals surface area (Å²) in [6.07, 6.45) is 0. The van der Waals surface area contributed by atoms with Crippen molar-refractivity contribution in [2.24, 2.45) is 11.7 Å². The van der Waals surface area contributed by atoms with E-state index in [1.165, 1.54) is 5.06 Å². The zero-order valence-electron chi connectivity index (χ0n) is 11.4. The molecule has 0 saturated heterocycles. The Hall–Kier alpha value is -0.940. The highest BCUT2D eigenvalue weighted by atomic mass is 16.5. The fraction of sp³-hybridized carbons (Fsp3) is 0.571. The minimum Gasteiger partial charge on any atom is -0.394 e. The lowest BCUT2D eigenvalue weighted by atomic mass is 9.94. The number of benzene rings is 1. The van der Waals surface area contributed by atoms with Gasteiger partial charge in [0.05, 0.1) is 12.1 Å². The molecular formula is C14H24N2O2. The van der Waals surface area contributed by atoms with E-state index >= 15 is 0 Å². The van der Waals surface area contributed by atoms with E-state index in [9.17, 15) is 10.3 Å². The lowest BCUT2D eigenvalue weighted by molar-refractivity contribution is -0.181. The molecule has 0 saturated carbocycles. The first-order valence-electron chi connectivity index (χ1n) is 6.26. The number of hydrogen-bond donors (Lipinski definition) is 3. The lowest BCUT2D eigenvalue weighted by Gasteiger charge is -2.34. The topological polar surface area (TPSA) is 69.7 Å². The maximum absolute atomic E-state index is 9.96. The van der Waals surface area contributed by atoms with Crippen LogP contribution in [-0.4, -0.2) is 34.1 Å². The summed E-state index contributed by atoms with van der Waals surface area (Å²) < 4.78 is 0. The van der Waals surface area contributed by atoms with Crippen LogP contribution in [0.15, 0.2) is 30.3 Å². The van der Waals surface area contributed by atoms with Crippen LogP contribution < -0.4 is 5.73 Å². The molecule has 1 aromatic carbocycles. The Kier molecular flexibility index (Phi) is 5.28. The fourth-order valence-corrected chi connectivity index (χ4v) is 1.72. The summed E-state index contributed by atoms with van der Waals surface area (Å²) >= 11 is 0. The molecule has 0 amide bonds. The highest BCUT2D eigenvalue weighted by Crippen LogP contribution is 2.22. The van der Waals surface area contributed by atoms with Gasteiger partial charge in [-0.15, -0.1) is 0 Å². The van der Waals surface area contributed by atoms with Crippen molar-refractivity contribution in [2.75, 3.05) is 13.2 Å². The molecule has 0 fully saturated rings. The maximum atomic E-state index is 9.96. The van der Waals surface area contributed by atoms with Crippen LogP contribution in [0.2, 0.25) is 0 Å². The molecule has 0 aromatic heterocycles. The van der Waals surface area contributed by atoms with Gasteiger partial charge in [0.1, 0.15) is 0 Å². The zero-order chi connectivity index (χ0) is 13.8. The lowest BCUT2D eigenvalue weighted by Crippen LogP contribution is -2.47. The molecule has 18 heavy (non-hydrogen) atoms. The first-order chi connectivity index (χ1) is 8.38. The fourth-order valence-electron chi connectivity index (χ4n) is 1.72. The van der Waals surface area contributed by atoms with Gasteiger partial charge in [-0.2, -0.15) is 5.06 Å². The summed E-state index contributed by atoms with van der Waals surface area (Å²) in [5.74, 6) is 0.0863. The van der Waals surface area contributed by atoms with Crippen LogP contribution in [0.3, 0.4) is 0 Å². The Bertz CT molecular complexity index is 354. The van der Waals surface area contributed by atoms with Gasteiger partial charge in [-0.25, -0.2) is 0 Å². The Morgan fingerprint density at radius 3 is 2.33 bits per heavy atom. The highest BCUT2D eigenvalue weighted by Gasteiger charge is 2.27. The molecule has 0 aliphatic carbocycles. The molecule has 0 aliphatic heterocycles. The number of rotatable bonds is 6. The predicted molar refractivity (Wildman–Crippen MR) is 72.2 cm³/mol. The minimum atomic E-state index is -0.648. The third-order valence-electron chi connectivity index (χ3n) is 3.34. The van der Waals surface area contributed by atoms with Crippen LogP contribution in [0, 0.1) is 5.92 Å². The first kappa shape index (κ1) is 15.1. The number of aliphatic hydroxyl groups excluding tert-OH is 1. The van der Waals surface area contributed by atoms with Crippen molar-refractivity contribution in [1.82, 2.24) is 5.06 Å². The van der Waals surface area contributed by atoms with Crippen molar-refractivity contribution in [3.05, 3.63) is 35.9 Å². The summed E-state index contributed by atoms with van der Waals surface area (Å²) in [5, 5.41) is 20.3. The summed E-state index contributed by atoms with van der Waals surface area (Å²) in [6.45, 7) is 5.89. The van der Waals surface area contributed by atoms with Gasteiger partial charge in [0, 0.05) is 12.6 Å². The van der Waals surface area contributed by atoms with Crippen LogP contribution in [0.1, 0.15) is 32.4 Å². The number of nitrogens with zero attached hydrogens (tertiary/aromatic N) is 1. The summed E-state index contributed by atoms with van der Waals surface area (Å²) in [7, 11) is 0. The molecule has 0 radical (unpaired) electrons. The molecule has 0 bridgehead atoms. The molecule has 0 aliphatic rings. The van der Waals surface area contributed by atoms with Crippen molar-refractivity contribution >= 4 is 0 Å². The molecule has 1 aromatic rings. The number of nitrogens with two attached hydrogens (primary N) is 1. The number of hydroxylamine groups is 2. The second-order valence-corrected chi connectivity index (χ2v) is 5.47. The SMILES string of the molecule is C[C@@H](CN(O)C(C)(C)CO)[C@@H](N)c1ccccc1. The van der Waals surface area contributed by atoms with Crippen LogP contribution in [-0.2, 0) is 0 Å². The highest BCUT2D eigenvalue weighted by molar-refractivity contribution is 5.19.